The van der Waals surface area contributed by atoms with Crippen LogP contribution >= 0.6 is 11.6 Å². The van der Waals surface area contributed by atoms with Gasteiger partial charge in [-0.25, -0.2) is 18.2 Å². The molecule has 11 heteroatoms. The number of aliphatic hydroxyl groups is 2. The molecule has 1 aromatic heterocycles. The van der Waals surface area contributed by atoms with Crippen molar-refractivity contribution in [1.82, 2.24) is 9.55 Å². The number of rotatable bonds is 8. The summed E-state index contributed by atoms with van der Waals surface area (Å²) < 4.78 is 65.1. The van der Waals surface area contributed by atoms with Crippen LogP contribution in [0.4, 0.5) is 13.2 Å². The Balaban J connectivity index is 1.35. The van der Waals surface area contributed by atoms with Gasteiger partial charge < -0.3 is 29.0 Å². The van der Waals surface area contributed by atoms with E-state index in [1.807, 2.05) is 0 Å². The first-order chi connectivity index (χ1) is 20.6. The number of hydrogen-bond acceptors (Lipinski definition) is 6. The molecule has 1 atom stereocenters. The van der Waals surface area contributed by atoms with E-state index < -0.39 is 29.5 Å². The molecule has 0 saturated carbocycles. The Morgan fingerprint density at radius 3 is 2.44 bits per heavy atom. The van der Waals surface area contributed by atoms with Gasteiger partial charge in [-0.15, -0.1) is 0 Å². The normalized spacial score (nSPS) is 16.0. The predicted molar refractivity (Wildman–Crippen MR) is 153 cm³/mol. The van der Waals surface area contributed by atoms with Gasteiger partial charge in [-0.3, -0.25) is 0 Å². The molecule has 0 saturated heterocycles. The van der Waals surface area contributed by atoms with Gasteiger partial charge in [-0.05, 0) is 54.1 Å². The van der Waals surface area contributed by atoms with Crippen LogP contribution in [0.5, 0.6) is 11.5 Å². The van der Waals surface area contributed by atoms with E-state index in [4.69, 9.17) is 25.8 Å². The maximum absolute atomic E-state index is 15.6. The van der Waals surface area contributed by atoms with Crippen LogP contribution in [-0.4, -0.2) is 33.5 Å². The molecule has 6 rings (SSSR count). The number of ether oxygens (including phenoxy) is 3. The summed E-state index contributed by atoms with van der Waals surface area (Å²) in [6, 6.07) is 16.2. The zero-order chi connectivity index (χ0) is 30.5. The summed E-state index contributed by atoms with van der Waals surface area (Å²) in [7, 11) is 1.53. The third-order valence-electron chi connectivity index (χ3n) is 7.46. The second kappa shape index (κ2) is 11.2. The fourth-order valence-electron chi connectivity index (χ4n) is 5.32. The summed E-state index contributed by atoms with van der Waals surface area (Å²) in [6.07, 6.45) is -1.86. The largest absolute Gasteiger partial charge is 0.444 e. The van der Waals surface area contributed by atoms with E-state index in [1.54, 1.807) is 41.8 Å². The summed E-state index contributed by atoms with van der Waals surface area (Å²) in [6.45, 7) is 2.18. The first-order valence-corrected chi connectivity index (χ1v) is 13.7. The number of methoxy groups -OCH3 is 1. The van der Waals surface area contributed by atoms with Crippen molar-refractivity contribution in [2.45, 2.75) is 32.0 Å². The third kappa shape index (κ3) is 5.31. The summed E-state index contributed by atoms with van der Waals surface area (Å²) in [5, 5.41) is 19.4. The van der Waals surface area contributed by atoms with Crippen molar-refractivity contribution < 1.29 is 37.6 Å². The molecule has 43 heavy (non-hydrogen) atoms. The summed E-state index contributed by atoms with van der Waals surface area (Å²) in [5.74, 6) is -2.86. The number of para-hydroxylation sites is 1. The van der Waals surface area contributed by atoms with Crippen LogP contribution < -0.4 is 9.47 Å². The van der Waals surface area contributed by atoms with Gasteiger partial charge in [-0.1, -0.05) is 29.8 Å². The maximum atomic E-state index is 15.6. The van der Waals surface area contributed by atoms with Crippen LogP contribution in [0.2, 0.25) is 5.02 Å². The number of aliphatic hydroxyl groups excluding tert-OH is 1. The number of aromatic nitrogens is 2. The molecule has 0 aliphatic carbocycles. The Hall–Kier alpha value is -4.09. The SMILES string of the molecule is COCCn1c(Cc2c(F)cc(-c3cccc4c3O[C@](C)(c3ccc(Cl)cc3F)O4)cc2F)nc2ccc(C(O)O)cc21. The number of nitrogens with zero attached hydrogens (tertiary/aromatic N) is 2. The Morgan fingerprint density at radius 1 is 0.977 bits per heavy atom. The Bertz CT molecular complexity index is 1840. The molecule has 0 bridgehead atoms. The minimum absolute atomic E-state index is 0.115. The number of fused-ring (bicyclic) bond motifs is 2. The topological polar surface area (TPSA) is 86.0 Å². The molecule has 2 N–H and O–H groups in total. The van der Waals surface area contributed by atoms with Crippen molar-refractivity contribution in [1.29, 1.82) is 0 Å². The highest BCUT2D eigenvalue weighted by Gasteiger charge is 2.42. The second-order valence-electron chi connectivity index (χ2n) is 10.3. The number of imidazole rings is 1. The van der Waals surface area contributed by atoms with E-state index in [9.17, 15) is 14.6 Å². The lowest BCUT2D eigenvalue weighted by Crippen LogP contribution is -2.32. The lowest BCUT2D eigenvalue weighted by molar-refractivity contribution is -0.0705. The quantitative estimate of drug-likeness (QED) is 0.192. The summed E-state index contributed by atoms with van der Waals surface area (Å²) in [4.78, 5) is 4.56. The van der Waals surface area contributed by atoms with Crippen molar-refractivity contribution >= 4 is 22.6 Å². The van der Waals surface area contributed by atoms with E-state index in [0.29, 0.717) is 41.3 Å². The van der Waals surface area contributed by atoms with Crippen molar-refractivity contribution in [2.24, 2.45) is 0 Å². The Morgan fingerprint density at radius 2 is 1.74 bits per heavy atom. The molecule has 1 aliphatic rings. The molecule has 222 valence electrons. The van der Waals surface area contributed by atoms with Gasteiger partial charge in [0.1, 0.15) is 23.3 Å². The zero-order valence-corrected chi connectivity index (χ0v) is 23.8. The van der Waals surface area contributed by atoms with Gasteiger partial charge in [0.05, 0.1) is 23.2 Å². The standard InChI is InChI=1S/C32H26ClF3N2O5/c1-32(22-8-7-19(33)15-25(22)36)42-28-5-3-4-20(30(28)43-32)18-12-23(34)21(24(35)13-18)16-29-37-26-9-6-17(31(39)40)14-27(26)38(29)10-11-41-2/h3-9,12-15,31,39-40H,10-11,16H2,1-2H3/t32-/m1/s1. The van der Waals surface area contributed by atoms with Crippen molar-refractivity contribution in [3.8, 4) is 22.6 Å². The molecule has 2 heterocycles. The number of halogens is 4. The molecule has 1 aliphatic heterocycles. The Kier molecular flexibility index (Phi) is 7.55. The minimum Gasteiger partial charge on any atom is -0.444 e. The number of hydrogen-bond donors (Lipinski definition) is 2. The highest BCUT2D eigenvalue weighted by molar-refractivity contribution is 6.30. The van der Waals surface area contributed by atoms with Crippen LogP contribution in [0, 0.1) is 17.5 Å². The number of benzene rings is 4. The average molecular weight is 611 g/mol. The third-order valence-corrected chi connectivity index (χ3v) is 7.69. The molecule has 5 aromatic rings. The maximum Gasteiger partial charge on any atom is 0.278 e. The molecule has 0 unspecified atom stereocenters. The molecule has 0 amide bonds. The van der Waals surface area contributed by atoms with Crippen molar-refractivity contribution in [3.63, 3.8) is 0 Å². The minimum atomic E-state index is -1.68. The van der Waals surface area contributed by atoms with Gasteiger partial charge in [0.2, 0.25) is 0 Å². The highest BCUT2D eigenvalue weighted by Crippen LogP contribution is 2.50. The monoisotopic (exact) mass is 610 g/mol. The summed E-state index contributed by atoms with van der Waals surface area (Å²) in [5.41, 5.74) is 1.85. The van der Waals surface area contributed by atoms with Gasteiger partial charge in [-0.2, -0.15) is 0 Å². The molecule has 4 aromatic carbocycles. The molecule has 7 nitrogen and oxygen atoms in total. The van der Waals surface area contributed by atoms with Crippen LogP contribution in [0.3, 0.4) is 0 Å². The predicted octanol–water partition coefficient (Wildman–Crippen LogP) is 6.64. The van der Waals surface area contributed by atoms with Crippen molar-refractivity contribution in [3.05, 3.63) is 112 Å². The van der Waals surface area contributed by atoms with Crippen LogP contribution in [0.1, 0.15) is 35.7 Å². The van der Waals surface area contributed by atoms with Crippen molar-refractivity contribution in [2.75, 3.05) is 13.7 Å². The van der Waals surface area contributed by atoms with Gasteiger partial charge in [0.25, 0.3) is 5.79 Å². The Labute approximate surface area is 249 Å². The first kappa shape index (κ1) is 29.0. The van der Waals surface area contributed by atoms with Crippen LogP contribution in [0.25, 0.3) is 22.2 Å². The highest BCUT2D eigenvalue weighted by atomic mass is 35.5. The van der Waals surface area contributed by atoms with Crippen LogP contribution in [0.15, 0.2) is 66.7 Å². The van der Waals surface area contributed by atoms with E-state index in [0.717, 1.165) is 6.07 Å². The van der Waals surface area contributed by atoms with Gasteiger partial charge >= 0.3 is 0 Å². The second-order valence-corrected chi connectivity index (χ2v) is 10.7. The summed E-state index contributed by atoms with van der Waals surface area (Å²) >= 11 is 5.90. The van der Waals surface area contributed by atoms with E-state index in [1.165, 1.54) is 37.4 Å². The van der Waals surface area contributed by atoms with Gasteiger partial charge in [0, 0.05) is 48.7 Å². The zero-order valence-electron chi connectivity index (χ0n) is 23.1. The van der Waals surface area contributed by atoms with E-state index >= 15 is 8.78 Å². The lowest BCUT2D eigenvalue weighted by Gasteiger charge is -2.24. The van der Waals surface area contributed by atoms with Crippen LogP contribution in [-0.2, 0) is 23.5 Å². The van der Waals surface area contributed by atoms with E-state index in [-0.39, 0.29) is 39.4 Å². The molecular weight excluding hydrogens is 585 g/mol. The van der Waals surface area contributed by atoms with Gasteiger partial charge in [0.15, 0.2) is 17.8 Å². The first-order valence-electron chi connectivity index (χ1n) is 13.4. The average Bonchev–Trinajstić information content (AvgIpc) is 3.49. The fourth-order valence-corrected chi connectivity index (χ4v) is 5.48. The molecule has 0 spiro atoms. The lowest BCUT2D eigenvalue weighted by atomic mass is 10.00. The smallest absolute Gasteiger partial charge is 0.278 e. The molecule has 0 radical (unpaired) electrons. The molecular formula is C32H26ClF3N2O5. The molecule has 0 fully saturated rings. The fraction of sp³-hybridized carbons (Fsp3) is 0.219. The van der Waals surface area contributed by atoms with E-state index in [2.05, 4.69) is 4.98 Å².